The molecule has 2 heteroatoms. The molecule has 92 valence electrons. The lowest BCUT2D eigenvalue weighted by molar-refractivity contribution is 0.313. The van der Waals surface area contributed by atoms with Crippen LogP contribution in [0.25, 0.3) is 0 Å². The Morgan fingerprint density at radius 3 is 1.87 bits per heavy atom. The summed E-state index contributed by atoms with van der Waals surface area (Å²) in [5, 5.41) is 0. The number of unbranched alkanes of at least 4 members (excludes halogenated alkanes) is 3. The van der Waals surface area contributed by atoms with Gasteiger partial charge in [-0.25, -0.2) is 0 Å². The third-order valence-electron chi connectivity index (χ3n) is 3.19. The van der Waals surface area contributed by atoms with Crippen LogP contribution in [0.5, 0.6) is 0 Å². The van der Waals surface area contributed by atoms with Crippen molar-refractivity contribution < 1.29 is 0 Å². The number of nitrogens with two attached hydrogens (primary N) is 2. The standard InChI is InChI=1S/C13H30N2/c1-3-5-7-10-13(15,9-6-4-2)11-8-12-14/h3-12,14-15H2,1-2H3. The number of rotatable bonds is 10. The fraction of sp³-hybridized carbons (Fsp3) is 1.00. The summed E-state index contributed by atoms with van der Waals surface area (Å²) >= 11 is 0. The molecule has 0 amide bonds. The van der Waals surface area contributed by atoms with Gasteiger partial charge >= 0.3 is 0 Å². The van der Waals surface area contributed by atoms with Gasteiger partial charge in [-0.05, 0) is 32.2 Å². The Kier molecular flexibility index (Phi) is 9.12. The Morgan fingerprint density at radius 1 is 0.800 bits per heavy atom. The second kappa shape index (κ2) is 9.17. The summed E-state index contributed by atoms with van der Waals surface area (Å²) < 4.78 is 0. The third-order valence-corrected chi connectivity index (χ3v) is 3.19. The molecule has 0 saturated carbocycles. The lowest BCUT2D eigenvalue weighted by atomic mass is 9.84. The van der Waals surface area contributed by atoms with Crippen molar-refractivity contribution in [3.05, 3.63) is 0 Å². The Balaban J connectivity index is 3.89. The average Bonchev–Trinajstić information content (AvgIpc) is 2.24. The normalized spacial score (nSPS) is 15.2. The zero-order valence-corrected chi connectivity index (χ0v) is 10.7. The molecule has 0 aromatic carbocycles. The molecule has 0 saturated heterocycles. The van der Waals surface area contributed by atoms with E-state index >= 15 is 0 Å². The molecule has 2 nitrogen and oxygen atoms in total. The smallest absolute Gasteiger partial charge is 0.0154 e. The average molecular weight is 214 g/mol. The Labute approximate surface area is 95.8 Å². The summed E-state index contributed by atoms with van der Waals surface area (Å²) in [5.41, 5.74) is 12.1. The molecule has 1 unspecified atom stereocenters. The van der Waals surface area contributed by atoms with Crippen molar-refractivity contribution in [2.75, 3.05) is 6.54 Å². The predicted octanol–water partition coefficient (Wildman–Crippen LogP) is 3.19. The maximum atomic E-state index is 6.46. The Bertz CT molecular complexity index is 126. The first kappa shape index (κ1) is 14.9. The number of hydrogen-bond donors (Lipinski definition) is 2. The van der Waals surface area contributed by atoms with Crippen molar-refractivity contribution in [2.24, 2.45) is 11.5 Å². The van der Waals surface area contributed by atoms with Crippen LogP contribution >= 0.6 is 0 Å². The SMILES string of the molecule is CCCCCC(N)(CCCC)CCCN. The van der Waals surface area contributed by atoms with Crippen molar-refractivity contribution in [1.82, 2.24) is 0 Å². The van der Waals surface area contributed by atoms with Crippen LogP contribution in [-0.2, 0) is 0 Å². The lowest BCUT2D eigenvalue weighted by Crippen LogP contribution is -2.40. The van der Waals surface area contributed by atoms with Crippen LogP contribution in [0.2, 0.25) is 0 Å². The molecule has 15 heavy (non-hydrogen) atoms. The van der Waals surface area contributed by atoms with Crippen LogP contribution in [0.15, 0.2) is 0 Å². The molecule has 1 atom stereocenters. The van der Waals surface area contributed by atoms with Gasteiger partial charge in [-0.1, -0.05) is 46.0 Å². The van der Waals surface area contributed by atoms with E-state index in [-0.39, 0.29) is 5.54 Å². The molecular weight excluding hydrogens is 184 g/mol. The van der Waals surface area contributed by atoms with E-state index in [0.29, 0.717) is 0 Å². The minimum absolute atomic E-state index is 0.0740. The zero-order chi connectivity index (χ0) is 11.6. The first-order valence-corrected chi connectivity index (χ1v) is 6.67. The maximum Gasteiger partial charge on any atom is 0.0154 e. The third kappa shape index (κ3) is 7.80. The first-order chi connectivity index (χ1) is 7.18. The molecule has 0 aromatic rings. The van der Waals surface area contributed by atoms with E-state index < -0.39 is 0 Å². The highest BCUT2D eigenvalue weighted by Gasteiger charge is 2.22. The summed E-state index contributed by atoms with van der Waals surface area (Å²) in [4.78, 5) is 0. The lowest BCUT2D eigenvalue weighted by Gasteiger charge is -2.29. The maximum absolute atomic E-state index is 6.46. The quantitative estimate of drug-likeness (QED) is 0.549. The first-order valence-electron chi connectivity index (χ1n) is 6.67. The van der Waals surface area contributed by atoms with E-state index in [9.17, 15) is 0 Å². The van der Waals surface area contributed by atoms with Gasteiger partial charge in [0.1, 0.15) is 0 Å². The highest BCUT2D eigenvalue weighted by molar-refractivity contribution is 4.83. The van der Waals surface area contributed by atoms with Crippen LogP contribution in [0, 0.1) is 0 Å². The van der Waals surface area contributed by atoms with Gasteiger partial charge in [0, 0.05) is 5.54 Å². The van der Waals surface area contributed by atoms with Gasteiger partial charge in [-0.2, -0.15) is 0 Å². The molecule has 0 fully saturated rings. The van der Waals surface area contributed by atoms with E-state index in [1.54, 1.807) is 0 Å². The van der Waals surface area contributed by atoms with E-state index in [4.69, 9.17) is 11.5 Å². The van der Waals surface area contributed by atoms with Gasteiger partial charge in [0.15, 0.2) is 0 Å². The Morgan fingerprint density at radius 2 is 1.33 bits per heavy atom. The zero-order valence-electron chi connectivity index (χ0n) is 10.7. The van der Waals surface area contributed by atoms with E-state index in [1.165, 1.54) is 44.9 Å². The van der Waals surface area contributed by atoms with E-state index in [1.807, 2.05) is 0 Å². The van der Waals surface area contributed by atoms with Gasteiger partial charge in [-0.3, -0.25) is 0 Å². The molecule has 0 aromatic heterocycles. The van der Waals surface area contributed by atoms with E-state index in [2.05, 4.69) is 13.8 Å². The highest BCUT2D eigenvalue weighted by atomic mass is 14.7. The van der Waals surface area contributed by atoms with Crippen molar-refractivity contribution >= 4 is 0 Å². The summed E-state index contributed by atoms with van der Waals surface area (Å²) in [7, 11) is 0. The van der Waals surface area contributed by atoms with Gasteiger partial charge < -0.3 is 11.5 Å². The van der Waals surface area contributed by atoms with Gasteiger partial charge in [-0.15, -0.1) is 0 Å². The summed E-state index contributed by atoms with van der Waals surface area (Å²) in [6.45, 7) is 5.25. The van der Waals surface area contributed by atoms with Crippen LogP contribution in [-0.4, -0.2) is 12.1 Å². The van der Waals surface area contributed by atoms with Crippen molar-refractivity contribution in [1.29, 1.82) is 0 Å². The largest absolute Gasteiger partial charge is 0.330 e. The molecule has 0 aliphatic rings. The summed E-state index contributed by atoms with van der Waals surface area (Å²) in [5.74, 6) is 0. The molecule has 0 spiro atoms. The second-order valence-corrected chi connectivity index (χ2v) is 4.82. The van der Waals surface area contributed by atoms with Crippen molar-refractivity contribution in [2.45, 2.75) is 77.2 Å². The second-order valence-electron chi connectivity index (χ2n) is 4.82. The molecule has 4 N–H and O–H groups in total. The van der Waals surface area contributed by atoms with Crippen LogP contribution in [0.3, 0.4) is 0 Å². The summed E-state index contributed by atoms with van der Waals surface area (Å²) in [6, 6.07) is 0. The van der Waals surface area contributed by atoms with E-state index in [0.717, 1.165) is 19.4 Å². The fourth-order valence-corrected chi connectivity index (χ4v) is 2.09. The van der Waals surface area contributed by atoms with Crippen LogP contribution < -0.4 is 11.5 Å². The van der Waals surface area contributed by atoms with Gasteiger partial charge in [0.05, 0.1) is 0 Å². The molecule has 0 radical (unpaired) electrons. The molecule has 0 aliphatic carbocycles. The number of hydrogen-bond acceptors (Lipinski definition) is 2. The fourth-order valence-electron chi connectivity index (χ4n) is 2.09. The monoisotopic (exact) mass is 214 g/mol. The van der Waals surface area contributed by atoms with Crippen molar-refractivity contribution in [3.63, 3.8) is 0 Å². The predicted molar refractivity (Wildman–Crippen MR) is 68.9 cm³/mol. The van der Waals surface area contributed by atoms with Crippen LogP contribution in [0.4, 0.5) is 0 Å². The molecule has 0 bridgehead atoms. The van der Waals surface area contributed by atoms with Gasteiger partial charge in [0.25, 0.3) is 0 Å². The van der Waals surface area contributed by atoms with Crippen molar-refractivity contribution in [3.8, 4) is 0 Å². The minimum Gasteiger partial charge on any atom is -0.330 e. The molecule has 0 rings (SSSR count). The van der Waals surface area contributed by atoms with Crippen LogP contribution in [0.1, 0.15) is 71.6 Å². The molecule has 0 heterocycles. The highest BCUT2D eigenvalue weighted by Crippen LogP contribution is 2.24. The molecular formula is C13H30N2. The Hall–Kier alpha value is -0.0800. The van der Waals surface area contributed by atoms with Gasteiger partial charge in [0.2, 0.25) is 0 Å². The minimum atomic E-state index is 0.0740. The molecule has 0 aliphatic heterocycles. The summed E-state index contributed by atoms with van der Waals surface area (Å²) in [6.07, 6.45) is 10.9. The topological polar surface area (TPSA) is 52.0 Å².